The van der Waals surface area contributed by atoms with Crippen molar-refractivity contribution >= 4 is 30.5 Å². The van der Waals surface area contributed by atoms with E-state index in [1.165, 1.54) is 29.1 Å². The lowest BCUT2D eigenvalue weighted by molar-refractivity contribution is -0.152. The van der Waals surface area contributed by atoms with E-state index >= 15 is 0 Å². The van der Waals surface area contributed by atoms with E-state index in [0.717, 1.165) is 19.3 Å². The molecule has 2 unspecified atom stereocenters. The Labute approximate surface area is 245 Å². The predicted octanol–water partition coefficient (Wildman–Crippen LogP) is 2.72. The van der Waals surface area contributed by atoms with Crippen LogP contribution in [0.25, 0.3) is 0 Å². The monoisotopic (exact) mass is 584 g/mol. The number of aliphatic hydroxyl groups is 1. The van der Waals surface area contributed by atoms with Gasteiger partial charge in [0.15, 0.2) is 0 Å². The van der Waals surface area contributed by atoms with Crippen molar-refractivity contribution in [3.8, 4) is 0 Å². The van der Waals surface area contributed by atoms with Gasteiger partial charge in [0.2, 0.25) is 0 Å². The summed E-state index contributed by atoms with van der Waals surface area (Å²) in [6, 6.07) is 0. The molecule has 236 valence electrons. The van der Waals surface area contributed by atoms with Crippen LogP contribution in [0.5, 0.6) is 0 Å². The minimum absolute atomic E-state index is 0.00662. The van der Waals surface area contributed by atoms with Crippen molar-refractivity contribution in [1.82, 2.24) is 9.80 Å². The van der Waals surface area contributed by atoms with Crippen LogP contribution < -0.4 is 0 Å². The summed E-state index contributed by atoms with van der Waals surface area (Å²) in [5.74, 6) is -1.44. The first kappa shape index (κ1) is 38.4. The number of aliphatic hydroxyl groups excluding tert-OH is 1. The first-order chi connectivity index (χ1) is 19.7. The Balaban J connectivity index is 4.95. The SMILES string of the molecule is CCCCCCCCOC(=O)CN(CC=O)CC(=O)OC(/C=C\C(CC)OC(=O)CN(CC=O)CCO)CC(C)C. The molecule has 2 atom stereocenters. The van der Waals surface area contributed by atoms with E-state index in [9.17, 15) is 24.0 Å². The fraction of sp³-hybridized carbons (Fsp3) is 0.767. The number of rotatable bonds is 26. The van der Waals surface area contributed by atoms with Gasteiger partial charge in [-0.3, -0.25) is 24.2 Å². The van der Waals surface area contributed by atoms with Crippen LogP contribution in [0.1, 0.15) is 79.1 Å². The molecule has 0 bridgehead atoms. The summed E-state index contributed by atoms with van der Waals surface area (Å²) < 4.78 is 16.4. The van der Waals surface area contributed by atoms with Gasteiger partial charge in [-0.15, -0.1) is 0 Å². The minimum atomic E-state index is -0.603. The number of ether oxygens (including phenoxy) is 3. The number of aldehydes is 2. The molecule has 1 N–H and O–H groups in total. The summed E-state index contributed by atoms with van der Waals surface area (Å²) in [5.41, 5.74) is 0. The van der Waals surface area contributed by atoms with Gasteiger partial charge in [0, 0.05) is 6.54 Å². The first-order valence-electron chi connectivity index (χ1n) is 14.8. The normalized spacial score (nSPS) is 13.0. The zero-order chi connectivity index (χ0) is 30.9. The highest BCUT2D eigenvalue weighted by Crippen LogP contribution is 2.13. The maximum absolute atomic E-state index is 12.7. The molecule has 0 aliphatic rings. The molecule has 11 heteroatoms. The summed E-state index contributed by atoms with van der Waals surface area (Å²) in [5, 5.41) is 9.09. The van der Waals surface area contributed by atoms with Crippen molar-refractivity contribution in [2.45, 2.75) is 91.3 Å². The Morgan fingerprint density at radius 1 is 0.756 bits per heavy atom. The fourth-order valence-electron chi connectivity index (χ4n) is 3.98. The molecular formula is C30H52N2O9. The largest absolute Gasteiger partial charge is 0.465 e. The molecular weight excluding hydrogens is 532 g/mol. The molecule has 0 amide bonds. The quantitative estimate of drug-likeness (QED) is 0.0528. The number of hydrogen-bond donors (Lipinski definition) is 1. The average molecular weight is 585 g/mol. The fourth-order valence-corrected chi connectivity index (χ4v) is 3.98. The van der Waals surface area contributed by atoms with Gasteiger partial charge in [-0.2, -0.15) is 0 Å². The summed E-state index contributed by atoms with van der Waals surface area (Å²) in [4.78, 5) is 62.1. The molecule has 0 aliphatic heterocycles. The molecule has 0 radical (unpaired) electrons. The van der Waals surface area contributed by atoms with Crippen LogP contribution in [0.15, 0.2) is 12.2 Å². The molecule has 0 aromatic heterocycles. The third-order valence-electron chi connectivity index (χ3n) is 6.11. The van der Waals surface area contributed by atoms with Gasteiger partial charge < -0.3 is 28.9 Å². The van der Waals surface area contributed by atoms with Gasteiger partial charge in [0.1, 0.15) is 24.8 Å². The van der Waals surface area contributed by atoms with E-state index < -0.39 is 30.1 Å². The minimum Gasteiger partial charge on any atom is -0.465 e. The van der Waals surface area contributed by atoms with Crippen molar-refractivity contribution in [1.29, 1.82) is 0 Å². The number of unbranched alkanes of at least 4 members (excludes halogenated alkanes) is 5. The lowest BCUT2D eigenvalue weighted by Gasteiger charge is -2.22. The van der Waals surface area contributed by atoms with E-state index in [1.54, 1.807) is 12.2 Å². The van der Waals surface area contributed by atoms with E-state index in [4.69, 9.17) is 19.3 Å². The number of hydrogen-bond acceptors (Lipinski definition) is 11. The molecule has 0 aromatic carbocycles. The number of nitrogens with zero attached hydrogens (tertiary/aromatic N) is 2. The van der Waals surface area contributed by atoms with E-state index in [1.807, 2.05) is 20.8 Å². The van der Waals surface area contributed by atoms with Crippen molar-refractivity contribution in [3.63, 3.8) is 0 Å². The summed E-state index contributed by atoms with van der Waals surface area (Å²) >= 11 is 0. The summed E-state index contributed by atoms with van der Waals surface area (Å²) in [6.07, 6.45) is 10.8. The molecule has 0 saturated heterocycles. The second-order valence-corrected chi connectivity index (χ2v) is 10.4. The molecule has 0 aliphatic carbocycles. The Kier molecular flexibility index (Phi) is 23.5. The molecule has 0 saturated carbocycles. The van der Waals surface area contributed by atoms with Gasteiger partial charge in [0.25, 0.3) is 0 Å². The molecule has 0 aromatic rings. The third kappa shape index (κ3) is 21.7. The van der Waals surface area contributed by atoms with Crippen LogP contribution >= 0.6 is 0 Å². The van der Waals surface area contributed by atoms with Crippen LogP contribution in [-0.4, -0.2) is 110 Å². The van der Waals surface area contributed by atoms with Crippen molar-refractivity contribution in [2.75, 3.05) is 52.5 Å². The van der Waals surface area contributed by atoms with Crippen molar-refractivity contribution < 1.29 is 43.3 Å². The zero-order valence-corrected chi connectivity index (χ0v) is 25.5. The lowest BCUT2D eigenvalue weighted by Crippen LogP contribution is -2.38. The molecule has 11 nitrogen and oxygen atoms in total. The van der Waals surface area contributed by atoms with E-state index in [-0.39, 0.29) is 51.8 Å². The maximum Gasteiger partial charge on any atom is 0.320 e. The second kappa shape index (κ2) is 25.1. The maximum atomic E-state index is 12.7. The van der Waals surface area contributed by atoms with E-state index in [0.29, 0.717) is 32.0 Å². The summed E-state index contributed by atoms with van der Waals surface area (Å²) in [6.45, 7) is 7.55. The molecule has 0 rings (SSSR count). The van der Waals surface area contributed by atoms with Gasteiger partial charge in [-0.05, 0) is 37.3 Å². The lowest BCUT2D eigenvalue weighted by atomic mass is 10.0. The Morgan fingerprint density at radius 3 is 1.88 bits per heavy atom. The number of carbonyl (C=O) groups is 5. The Hall–Kier alpha value is -2.63. The van der Waals surface area contributed by atoms with Crippen LogP contribution in [0.3, 0.4) is 0 Å². The zero-order valence-electron chi connectivity index (χ0n) is 25.5. The highest BCUT2D eigenvalue weighted by atomic mass is 16.6. The van der Waals surface area contributed by atoms with Gasteiger partial charge in [-0.25, -0.2) is 0 Å². The second-order valence-electron chi connectivity index (χ2n) is 10.4. The van der Waals surface area contributed by atoms with E-state index in [2.05, 4.69) is 6.92 Å². The van der Waals surface area contributed by atoms with Crippen LogP contribution in [0.2, 0.25) is 0 Å². The number of esters is 3. The van der Waals surface area contributed by atoms with Crippen molar-refractivity contribution in [2.24, 2.45) is 5.92 Å². The molecule has 0 fully saturated rings. The smallest absolute Gasteiger partial charge is 0.320 e. The average Bonchev–Trinajstić information content (AvgIpc) is 2.90. The Morgan fingerprint density at radius 2 is 1.29 bits per heavy atom. The highest BCUT2D eigenvalue weighted by molar-refractivity contribution is 5.76. The Bertz CT molecular complexity index is 773. The van der Waals surface area contributed by atoms with Crippen molar-refractivity contribution in [3.05, 3.63) is 12.2 Å². The van der Waals surface area contributed by atoms with Crippen LogP contribution in [-0.2, 0) is 38.2 Å². The molecule has 0 heterocycles. The first-order valence-corrected chi connectivity index (χ1v) is 14.8. The standard InChI is InChI=1S/C30H52N2O9/c1-5-7-8-9-10-11-20-39-28(36)22-32(16-19-35)24-30(38)41-27(21-25(3)4)13-12-26(6-2)40-29(37)23-31(14-17-33)15-18-34/h12-13,17,19,25-27,34H,5-11,14-16,18,20-24H2,1-4H3/b13-12-. The van der Waals surface area contributed by atoms with Gasteiger partial charge >= 0.3 is 17.9 Å². The van der Waals surface area contributed by atoms with Crippen LogP contribution in [0.4, 0.5) is 0 Å². The van der Waals surface area contributed by atoms with Gasteiger partial charge in [-0.1, -0.05) is 59.8 Å². The molecule has 0 spiro atoms. The van der Waals surface area contributed by atoms with Crippen LogP contribution in [0, 0.1) is 5.92 Å². The predicted molar refractivity (Wildman–Crippen MR) is 155 cm³/mol. The third-order valence-corrected chi connectivity index (χ3v) is 6.11. The topological polar surface area (TPSA) is 140 Å². The number of carbonyl (C=O) groups excluding carboxylic acids is 5. The summed E-state index contributed by atoms with van der Waals surface area (Å²) in [7, 11) is 0. The van der Waals surface area contributed by atoms with Gasteiger partial charge in [0.05, 0.1) is 45.9 Å². The molecule has 41 heavy (non-hydrogen) atoms. The highest BCUT2D eigenvalue weighted by Gasteiger charge is 2.20.